The highest BCUT2D eigenvalue weighted by atomic mass is 16.1. The predicted octanol–water partition coefficient (Wildman–Crippen LogP) is 0.767. The zero-order valence-electron chi connectivity index (χ0n) is 11.0. The fraction of sp³-hybridized carbons (Fsp3) is 0.692. The summed E-state index contributed by atoms with van der Waals surface area (Å²) in [5.41, 5.74) is 2.36. The van der Waals surface area contributed by atoms with Gasteiger partial charge in [0.05, 0.1) is 12.1 Å². The number of piperidine rings is 1. The average Bonchev–Trinajstić information content (AvgIpc) is 2.81. The van der Waals surface area contributed by atoms with E-state index in [1.54, 1.807) is 0 Å². The molecule has 5 heteroatoms. The van der Waals surface area contributed by atoms with E-state index in [0.29, 0.717) is 0 Å². The van der Waals surface area contributed by atoms with Crippen molar-refractivity contribution in [3.63, 3.8) is 0 Å². The molecule has 5 nitrogen and oxygen atoms in total. The second-order valence-corrected chi connectivity index (χ2v) is 4.96. The summed E-state index contributed by atoms with van der Waals surface area (Å²) >= 11 is 0. The lowest BCUT2D eigenvalue weighted by Gasteiger charge is -2.21. The Kier molecular flexibility index (Phi) is 4.75. The smallest absolute Gasteiger partial charge is 0.224 e. The van der Waals surface area contributed by atoms with E-state index in [2.05, 4.69) is 20.8 Å². The SMILES string of the molecule is Cc1[nH]ncc1CCCNC(=O)[C@@H]1CCCNC1. The first-order valence-corrected chi connectivity index (χ1v) is 6.74. The summed E-state index contributed by atoms with van der Waals surface area (Å²) in [4.78, 5) is 11.9. The maximum Gasteiger partial charge on any atom is 0.224 e. The normalized spacial score (nSPS) is 19.7. The Morgan fingerprint density at radius 1 is 1.61 bits per heavy atom. The summed E-state index contributed by atoms with van der Waals surface area (Å²) < 4.78 is 0. The van der Waals surface area contributed by atoms with E-state index >= 15 is 0 Å². The second-order valence-electron chi connectivity index (χ2n) is 4.96. The van der Waals surface area contributed by atoms with Gasteiger partial charge in [0.2, 0.25) is 5.91 Å². The molecule has 1 amide bonds. The van der Waals surface area contributed by atoms with E-state index in [-0.39, 0.29) is 11.8 Å². The van der Waals surface area contributed by atoms with Crippen LogP contribution in [0.2, 0.25) is 0 Å². The molecular formula is C13H22N4O. The van der Waals surface area contributed by atoms with Crippen LogP contribution in [0.5, 0.6) is 0 Å². The minimum atomic E-state index is 0.161. The zero-order chi connectivity index (χ0) is 12.8. The number of hydrogen-bond acceptors (Lipinski definition) is 3. The standard InChI is InChI=1S/C13H22N4O/c1-10-11(9-16-17-10)4-3-7-15-13(18)12-5-2-6-14-8-12/h9,12,14H,2-8H2,1H3,(H,15,18)(H,16,17)/t12-/m1/s1. The van der Waals surface area contributed by atoms with Crippen molar-refractivity contribution in [1.82, 2.24) is 20.8 Å². The lowest BCUT2D eigenvalue weighted by atomic mass is 9.99. The monoisotopic (exact) mass is 250 g/mol. The van der Waals surface area contributed by atoms with Gasteiger partial charge in [0.1, 0.15) is 0 Å². The summed E-state index contributed by atoms with van der Waals surface area (Å²) in [6.45, 7) is 4.64. The molecule has 1 aliphatic rings. The largest absolute Gasteiger partial charge is 0.356 e. The molecule has 2 rings (SSSR count). The number of aromatic amines is 1. The molecule has 0 aromatic carbocycles. The van der Waals surface area contributed by atoms with Gasteiger partial charge in [0, 0.05) is 18.8 Å². The predicted molar refractivity (Wildman–Crippen MR) is 70.2 cm³/mol. The highest BCUT2D eigenvalue weighted by molar-refractivity contribution is 5.78. The molecule has 18 heavy (non-hydrogen) atoms. The number of carbonyl (C=O) groups excluding carboxylic acids is 1. The number of nitrogens with one attached hydrogen (secondary N) is 3. The van der Waals surface area contributed by atoms with Gasteiger partial charge in [0.15, 0.2) is 0 Å². The van der Waals surface area contributed by atoms with Crippen LogP contribution in [0.4, 0.5) is 0 Å². The van der Waals surface area contributed by atoms with Gasteiger partial charge in [-0.1, -0.05) is 0 Å². The number of H-pyrrole nitrogens is 1. The van der Waals surface area contributed by atoms with Crippen molar-refractivity contribution in [1.29, 1.82) is 0 Å². The highest BCUT2D eigenvalue weighted by Gasteiger charge is 2.19. The van der Waals surface area contributed by atoms with Crippen LogP contribution in [0.25, 0.3) is 0 Å². The van der Waals surface area contributed by atoms with E-state index in [1.165, 1.54) is 5.56 Å². The summed E-state index contributed by atoms with van der Waals surface area (Å²) in [5, 5.41) is 13.2. The quantitative estimate of drug-likeness (QED) is 0.676. The molecule has 0 aliphatic carbocycles. The van der Waals surface area contributed by atoms with Crippen LogP contribution in [0, 0.1) is 12.8 Å². The third-order valence-electron chi connectivity index (χ3n) is 3.52. The van der Waals surface area contributed by atoms with Crippen molar-refractivity contribution in [3.05, 3.63) is 17.5 Å². The Hall–Kier alpha value is -1.36. The lowest BCUT2D eigenvalue weighted by molar-refractivity contribution is -0.125. The van der Waals surface area contributed by atoms with Crippen LogP contribution in [0.3, 0.4) is 0 Å². The molecule has 0 radical (unpaired) electrons. The van der Waals surface area contributed by atoms with E-state index in [1.807, 2.05) is 13.1 Å². The van der Waals surface area contributed by atoms with Gasteiger partial charge < -0.3 is 10.6 Å². The topological polar surface area (TPSA) is 69.8 Å². The Morgan fingerprint density at radius 2 is 2.50 bits per heavy atom. The first-order chi connectivity index (χ1) is 8.77. The zero-order valence-corrected chi connectivity index (χ0v) is 11.0. The molecule has 1 aromatic rings. The summed E-state index contributed by atoms with van der Waals surface area (Å²) in [7, 11) is 0. The van der Waals surface area contributed by atoms with E-state index in [4.69, 9.17) is 0 Å². The van der Waals surface area contributed by atoms with Crippen LogP contribution in [0.15, 0.2) is 6.20 Å². The molecule has 0 unspecified atom stereocenters. The van der Waals surface area contributed by atoms with Crippen molar-refractivity contribution in [2.24, 2.45) is 5.92 Å². The Labute approximate surface area is 108 Å². The van der Waals surface area contributed by atoms with E-state index in [9.17, 15) is 4.79 Å². The number of aryl methyl sites for hydroxylation is 2. The van der Waals surface area contributed by atoms with Gasteiger partial charge in [-0.15, -0.1) is 0 Å². The summed E-state index contributed by atoms with van der Waals surface area (Å²) in [6, 6.07) is 0. The number of hydrogen-bond donors (Lipinski definition) is 3. The van der Waals surface area contributed by atoms with Gasteiger partial charge in [-0.25, -0.2) is 0 Å². The third-order valence-corrected chi connectivity index (χ3v) is 3.52. The van der Waals surface area contributed by atoms with Crippen molar-refractivity contribution in [2.45, 2.75) is 32.6 Å². The number of amides is 1. The maximum atomic E-state index is 11.9. The third kappa shape index (κ3) is 3.57. The molecule has 1 aromatic heterocycles. The van der Waals surface area contributed by atoms with Gasteiger partial charge in [-0.05, 0) is 44.7 Å². The lowest BCUT2D eigenvalue weighted by Crippen LogP contribution is -2.40. The molecule has 1 atom stereocenters. The van der Waals surface area contributed by atoms with Gasteiger partial charge >= 0.3 is 0 Å². The molecule has 1 saturated heterocycles. The molecule has 3 N–H and O–H groups in total. The first kappa shape index (κ1) is 13.1. The van der Waals surface area contributed by atoms with Crippen molar-refractivity contribution >= 4 is 5.91 Å². The molecule has 1 fully saturated rings. The first-order valence-electron chi connectivity index (χ1n) is 6.74. The molecule has 0 bridgehead atoms. The molecule has 0 spiro atoms. The number of aromatic nitrogens is 2. The van der Waals surface area contributed by atoms with Gasteiger partial charge in [0.25, 0.3) is 0 Å². The second kappa shape index (κ2) is 6.54. The minimum absolute atomic E-state index is 0.161. The minimum Gasteiger partial charge on any atom is -0.356 e. The van der Waals surface area contributed by atoms with Gasteiger partial charge in [-0.2, -0.15) is 5.10 Å². The van der Waals surface area contributed by atoms with Crippen molar-refractivity contribution < 1.29 is 4.79 Å². The fourth-order valence-corrected chi connectivity index (χ4v) is 2.34. The molecule has 1 aliphatic heterocycles. The van der Waals surface area contributed by atoms with Crippen molar-refractivity contribution in [3.8, 4) is 0 Å². The average molecular weight is 250 g/mol. The Balaban J connectivity index is 1.63. The van der Waals surface area contributed by atoms with Crippen LogP contribution in [-0.2, 0) is 11.2 Å². The maximum absolute atomic E-state index is 11.9. The Bertz CT molecular complexity index is 382. The summed E-state index contributed by atoms with van der Waals surface area (Å²) in [6.07, 6.45) is 5.91. The van der Waals surface area contributed by atoms with E-state index < -0.39 is 0 Å². The molecule has 2 heterocycles. The van der Waals surface area contributed by atoms with Crippen LogP contribution in [0.1, 0.15) is 30.5 Å². The van der Waals surface area contributed by atoms with Crippen LogP contribution >= 0.6 is 0 Å². The number of rotatable bonds is 5. The summed E-state index contributed by atoms with van der Waals surface area (Å²) in [5.74, 6) is 0.362. The number of carbonyl (C=O) groups is 1. The molecular weight excluding hydrogens is 228 g/mol. The van der Waals surface area contributed by atoms with Crippen molar-refractivity contribution in [2.75, 3.05) is 19.6 Å². The van der Waals surface area contributed by atoms with E-state index in [0.717, 1.165) is 51.0 Å². The number of nitrogens with zero attached hydrogens (tertiary/aromatic N) is 1. The Morgan fingerprint density at radius 3 is 3.17 bits per heavy atom. The molecule has 0 saturated carbocycles. The highest BCUT2D eigenvalue weighted by Crippen LogP contribution is 2.10. The molecule has 100 valence electrons. The van der Waals surface area contributed by atoms with Crippen LogP contribution < -0.4 is 10.6 Å². The van der Waals surface area contributed by atoms with Gasteiger partial charge in [-0.3, -0.25) is 9.89 Å². The fourth-order valence-electron chi connectivity index (χ4n) is 2.34. The van der Waals surface area contributed by atoms with Crippen LogP contribution in [-0.4, -0.2) is 35.7 Å².